The second kappa shape index (κ2) is 12.4. The second-order valence-electron chi connectivity index (χ2n) is 5.27. The van der Waals surface area contributed by atoms with Crippen molar-refractivity contribution in [2.24, 2.45) is 4.99 Å². The van der Waals surface area contributed by atoms with Gasteiger partial charge in [0.25, 0.3) is 0 Å². The standard InChI is InChI=1S/C17H27N3O2.HI/c1-2-18-17(19-11-10-16-9-6-13-21-16)20-12-14-22-15-7-4-3-5-8-15;/h3-5,7-8,16H,2,6,9-14H2,1H3,(H2,18,19,20);1H. The molecule has 1 aromatic rings. The third kappa shape index (κ3) is 8.41. The largest absolute Gasteiger partial charge is 0.492 e. The van der Waals surface area contributed by atoms with Crippen LogP contribution in [-0.4, -0.2) is 44.9 Å². The van der Waals surface area contributed by atoms with Gasteiger partial charge in [-0.1, -0.05) is 18.2 Å². The number of aliphatic imine (C=N–C) groups is 1. The second-order valence-corrected chi connectivity index (χ2v) is 5.27. The van der Waals surface area contributed by atoms with Gasteiger partial charge < -0.3 is 20.1 Å². The summed E-state index contributed by atoms with van der Waals surface area (Å²) in [7, 11) is 0. The Labute approximate surface area is 156 Å². The van der Waals surface area contributed by atoms with E-state index in [2.05, 4.69) is 22.5 Å². The molecule has 1 unspecified atom stereocenters. The van der Waals surface area contributed by atoms with E-state index < -0.39 is 0 Å². The average Bonchev–Trinajstić information content (AvgIpc) is 3.06. The summed E-state index contributed by atoms with van der Waals surface area (Å²) in [6.07, 6.45) is 3.75. The van der Waals surface area contributed by atoms with Crippen molar-refractivity contribution >= 4 is 29.9 Å². The topological polar surface area (TPSA) is 54.9 Å². The first-order chi connectivity index (χ1) is 10.9. The molecule has 0 saturated carbocycles. The molecule has 6 heteroatoms. The fraction of sp³-hybridized carbons (Fsp3) is 0.588. The van der Waals surface area contributed by atoms with Gasteiger partial charge in [0.15, 0.2) is 5.96 Å². The zero-order chi connectivity index (χ0) is 15.5. The average molecular weight is 433 g/mol. The molecular weight excluding hydrogens is 405 g/mol. The van der Waals surface area contributed by atoms with Crippen LogP contribution in [0.5, 0.6) is 5.75 Å². The molecule has 1 aromatic carbocycles. The van der Waals surface area contributed by atoms with E-state index in [0.717, 1.165) is 44.4 Å². The highest BCUT2D eigenvalue weighted by Gasteiger charge is 2.14. The molecule has 2 N–H and O–H groups in total. The molecule has 1 heterocycles. The Hall–Kier alpha value is -1.02. The van der Waals surface area contributed by atoms with Crippen molar-refractivity contribution < 1.29 is 9.47 Å². The summed E-state index contributed by atoms with van der Waals surface area (Å²) in [6.45, 7) is 5.95. The Balaban J connectivity index is 0.00000264. The number of nitrogens with one attached hydrogen (secondary N) is 2. The van der Waals surface area contributed by atoms with E-state index in [1.807, 2.05) is 30.3 Å². The summed E-state index contributed by atoms with van der Waals surface area (Å²) < 4.78 is 11.3. The van der Waals surface area contributed by atoms with Gasteiger partial charge in [0.05, 0.1) is 12.6 Å². The number of para-hydroxylation sites is 1. The van der Waals surface area contributed by atoms with Crippen molar-refractivity contribution in [2.45, 2.75) is 32.3 Å². The Bertz CT molecular complexity index is 437. The van der Waals surface area contributed by atoms with Gasteiger partial charge in [-0.25, -0.2) is 0 Å². The van der Waals surface area contributed by atoms with Crippen LogP contribution in [0, 0.1) is 0 Å². The van der Waals surface area contributed by atoms with Gasteiger partial charge >= 0.3 is 0 Å². The molecule has 23 heavy (non-hydrogen) atoms. The molecule has 2 rings (SSSR count). The van der Waals surface area contributed by atoms with Crippen molar-refractivity contribution in [3.8, 4) is 5.75 Å². The molecule has 1 saturated heterocycles. The third-order valence-electron chi connectivity index (χ3n) is 3.50. The Morgan fingerprint density at radius 3 is 2.83 bits per heavy atom. The number of halogens is 1. The molecule has 130 valence electrons. The van der Waals surface area contributed by atoms with Gasteiger partial charge in [0.2, 0.25) is 0 Å². The van der Waals surface area contributed by atoms with Crippen molar-refractivity contribution in [1.29, 1.82) is 0 Å². The number of benzene rings is 1. The molecule has 0 spiro atoms. The summed E-state index contributed by atoms with van der Waals surface area (Å²) in [5, 5.41) is 6.54. The van der Waals surface area contributed by atoms with E-state index in [1.165, 1.54) is 12.8 Å². The lowest BCUT2D eigenvalue weighted by atomic mass is 10.2. The number of hydrogen-bond acceptors (Lipinski definition) is 3. The van der Waals surface area contributed by atoms with Crippen LogP contribution in [0.3, 0.4) is 0 Å². The predicted molar refractivity (Wildman–Crippen MR) is 105 cm³/mol. The number of ether oxygens (including phenoxy) is 2. The molecule has 1 fully saturated rings. The van der Waals surface area contributed by atoms with Crippen LogP contribution in [0.25, 0.3) is 0 Å². The lowest BCUT2D eigenvalue weighted by Gasteiger charge is -2.13. The van der Waals surface area contributed by atoms with Crippen LogP contribution < -0.4 is 15.4 Å². The molecule has 1 atom stereocenters. The third-order valence-corrected chi connectivity index (χ3v) is 3.50. The summed E-state index contributed by atoms with van der Waals surface area (Å²) in [4.78, 5) is 4.58. The highest BCUT2D eigenvalue weighted by atomic mass is 127. The molecule has 1 aliphatic heterocycles. The maximum atomic E-state index is 5.66. The quantitative estimate of drug-likeness (QED) is 0.287. The van der Waals surface area contributed by atoms with Gasteiger partial charge in [0, 0.05) is 19.7 Å². The summed E-state index contributed by atoms with van der Waals surface area (Å²) in [5.74, 6) is 1.74. The minimum absolute atomic E-state index is 0. The van der Waals surface area contributed by atoms with Gasteiger partial charge in [-0.2, -0.15) is 0 Å². The minimum Gasteiger partial charge on any atom is -0.492 e. The van der Waals surface area contributed by atoms with Gasteiger partial charge in [0.1, 0.15) is 12.4 Å². The summed E-state index contributed by atoms with van der Waals surface area (Å²) in [6, 6.07) is 9.84. The molecule has 0 amide bonds. The molecule has 0 aromatic heterocycles. The van der Waals surface area contributed by atoms with Crippen molar-refractivity contribution in [1.82, 2.24) is 10.6 Å². The summed E-state index contributed by atoms with van der Waals surface area (Å²) >= 11 is 0. The normalized spacial score (nSPS) is 17.4. The fourth-order valence-corrected chi connectivity index (χ4v) is 2.39. The minimum atomic E-state index is 0. The lowest BCUT2D eigenvalue weighted by molar-refractivity contribution is 0.106. The first-order valence-electron chi connectivity index (χ1n) is 8.20. The van der Waals surface area contributed by atoms with E-state index >= 15 is 0 Å². The summed E-state index contributed by atoms with van der Waals surface area (Å²) in [5.41, 5.74) is 0. The van der Waals surface area contributed by atoms with E-state index in [4.69, 9.17) is 9.47 Å². The van der Waals surface area contributed by atoms with Crippen molar-refractivity contribution in [3.05, 3.63) is 30.3 Å². The van der Waals surface area contributed by atoms with Gasteiger partial charge in [-0.05, 0) is 38.3 Å². The van der Waals surface area contributed by atoms with Crippen molar-refractivity contribution in [3.63, 3.8) is 0 Å². The van der Waals surface area contributed by atoms with E-state index in [-0.39, 0.29) is 24.0 Å². The van der Waals surface area contributed by atoms with E-state index in [0.29, 0.717) is 12.7 Å². The first-order valence-corrected chi connectivity index (χ1v) is 8.20. The maximum absolute atomic E-state index is 5.66. The van der Waals surface area contributed by atoms with Crippen LogP contribution >= 0.6 is 24.0 Å². The molecule has 0 radical (unpaired) electrons. The van der Waals surface area contributed by atoms with E-state index in [9.17, 15) is 0 Å². The smallest absolute Gasteiger partial charge is 0.191 e. The van der Waals surface area contributed by atoms with Crippen LogP contribution in [0.4, 0.5) is 0 Å². The van der Waals surface area contributed by atoms with Gasteiger partial charge in [-0.3, -0.25) is 4.99 Å². The number of guanidine groups is 1. The highest BCUT2D eigenvalue weighted by Crippen LogP contribution is 2.14. The molecule has 0 aliphatic carbocycles. The molecule has 1 aliphatic rings. The first kappa shape index (κ1) is 20.0. The monoisotopic (exact) mass is 433 g/mol. The highest BCUT2D eigenvalue weighted by molar-refractivity contribution is 14.0. The van der Waals surface area contributed by atoms with Crippen LogP contribution in [0.15, 0.2) is 35.3 Å². The predicted octanol–water partition coefficient (Wildman–Crippen LogP) is 2.81. The molecule has 0 bridgehead atoms. The van der Waals surface area contributed by atoms with Crippen molar-refractivity contribution in [2.75, 3.05) is 32.8 Å². The Kier molecular flexibility index (Phi) is 10.8. The van der Waals surface area contributed by atoms with Crippen LogP contribution in [-0.2, 0) is 4.74 Å². The number of nitrogens with zero attached hydrogens (tertiary/aromatic N) is 1. The number of hydrogen-bond donors (Lipinski definition) is 2. The SMILES string of the molecule is CCNC(=NCCC1CCCO1)NCCOc1ccccc1.I. The number of rotatable bonds is 8. The molecular formula is C17H28IN3O2. The van der Waals surface area contributed by atoms with Crippen LogP contribution in [0.1, 0.15) is 26.2 Å². The van der Waals surface area contributed by atoms with Crippen LogP contribution in [0.2, 0.25) is 0 Å². The fourth-order valence-electron chi connectivity index (χ4n) is 2.39. The van der Waals surface area contributed by atoms with Gasteiger partial charge in [-0.15, -0.1) is 24.0 Å². The molecule has 5 nitrogen and oxygen atoms in total. The Morgan fingerprint density at radius 2 is 2.13 bits per heavy atom. The van der Waals surface area contributed by atoms with E-state index in [1.54, 1.807) is 0 Å². The Morgan fingerprint density at radius 1 is 1.30 bits per heavy atom. The maximum Gasteiger partial charge on any atom is 0.191 e. The zero-order valence-corrected chi connectivity index (χ0v) is 16.1. The lowest BCUT2D eigenvalue weighted by Crippen LogP contribution is -2.39. The zero-order valence-electron chi connectivity index (χ0n) is 13.8.